The van der Waals surface area contributed by atoms with Gasteiger partial charge in [-0.25, -0.2) is 13.1 Å². The monoisotopic (exact) mass is 794 g/mol. The molecule has 3 aromatic carbocycles. The molecule has 16 heteroatoms. The van der Waals surface area contributed by atoms with E-state index in [9.17, 15) is 31.5 Å². The second kappa shape index (κ2) is 17.0. The molecule has 5 N–H and O–H groups in total. The van der Waals surface area contributed by atoms with E-state index in [0.717, 1.165) is 31.4 Å². The molecular formula is C34H43BrN4O9S2. The first-order valence-corrected chi connectivity index (χ1v) is 20.2. The summed E-state index contributed by atoms with van der Waals surface area (Å²) in [6.45, 7) is 3.52. The number of aromatic hydroxyl groups is 1. The van der Waals surface area contributed by atoms with E-state index in [-0.39, 0.29) is 22.0 Å². The Morgan fingerprint density at radius 2 is 1.68 bits per heavy atom. The third kappa shape index (κ3) is 10.4. The van der Waals surface area contributed by atoms with Gasteiger partial charge in [-0.15, -0.1) is 0 Å². The topological polar surface area (TPSA) is 191 Å². The molecule has 0 saturated carbocycles. The predicted octanol–water partition coefficient (Wildman–Crippen LogP) is 4.94. The Bertz CT molecular complexity index is 1850. The van der Waals surface area contributed by atoms with Gasteiger partial charge in [-0.1, -0.05) is 69.9 Å². The molecule has 1 aliphatic heterocycles. The van der Waals surface area contributed by atoms with Crippen LogP contribution in [-0.2, 0) is 29.7 Å². The van der Waals surface area contributed by atoms with Gasteiger partial charge in [0.2, 0.25) is 15.9 Å². The number of phenolic OH excluding ortho intramolecular Hbond substituents is 1. The molecule has 0 radical (unpaired) electrons. The van der Waals surface area contributed by atoms with Crippen molar-refractivity contribution in [1.82, 2.24) is 15.4 Å². The Kier molecular flexibility index (Phi) is 13.3. The summed E-state index contributed by atoms with van der Waals surface area (Å²) in [5, 5.41) is 14.6. The largest absolute Gasteiger partial charge is 0.508 e. The fourth-order valence-electron chi connectivity index (χ4n) is 5.79. The van der Waals surface area contributed by atoms with Gasteiger partial charge in [-0.2, -0.15) is 8.42 Å². The summed E-state index contributed by atoms with van der Waals surface area (Å²) in [7, 11) is -8.43. The van der Waals surface area contributed by atoms with E-state index in [1.807, 2.05) is 35.2 Å². The number of carbonyl (C=O) groups is 2. The van der Waals surface area contributed by atoms with Crippen molar-refractivity contribution in [3.8, 4) is 11.5 Å². The van der Waals surface area contributed by atoms with Crippen molar-refractivity contribution in [2.75, 3.05) is 30.3 Å². The minimum absolute atomic E-state index is 0.0185. The van der Waals surface area contributed by atoms with Gasteiger partial charge in [0.1, 0.15) is 22.4 Å². The summed E-state index contributed by atoms with van der Waals surface area (Å²) in [6, 6.07) is 16.7. The molecule has 3 aromatic rings. The quantitative estimate of drug-likeness (QED) is 0.124. The lowest BCUT2D eigenvalue weighted by atomic mass is 9.87. The molecule has 4 rings (SSSR count). The molecule has 1 heterocycles. The number of amides is 2. The van der Waals surface area contributed by atoms with Crippen LogP contribution in [-0.4, -0.2) is 69.3 Å². The van der Waals surface area contributed by atoms with E-state index in [1.165, 1.54) is 30.3 Å². The van der Waals surface area contributed by atoms with Crippen molar-refractivity contribution in [3.05, 3.63) is 76.8 Å². The number of phenols is 1. The number of ether oxygens (including phenoxy) is 1. The number of rotatable bonds is 16. The zero-order chi connectivity index (χ0) is 36.5. The van der Waals surface area contributed by atoms with Crippen LogP contribution in [0.25, 0.3) is 0 Å². The van der Waals surface area contributed by atoms with Crippen molar-refractivity contribution >= 4 is 59.3 Å². The second-order valence-electron chi connectivity index (χ2n) is 12.2. The Morgan fingerprint density at radius 1 is 1.04 bits per heavy atom. The standard InChI is InChI=1S/C34H43BrN4O9S2/c1-3-5-16-34(17-6-4-2)23-39(25-10-8-7-9-11-25)28-20-27(35)29(21-30(28)50(46,47)38-34)48-22-31(41)37-32(24-12-14-26(40)15-13-24)33(42)36-18-19-49(43,44)45/h7-15,20-21,32,38,40H,3-6,16-19,22-23H2,1-2H3,(H,36,42)(H,37,41)(H,43,44,45). The number of unbranched alkanes of at least 4 members (excludes halogenated alkanes) is 2. The lowest BCUT2D eigenvalue weighted by Gasteiger charge is -2.37. The third-order valence-corrected chi connectivity index (χ3v) is 11.3. The Hall–Kier alpha value is -3.70. The van der Waals surface area contributed by atoms with Crippen LogP contribution in [0.15, 0.2) is 76.1 Å². The summed E-state index contributed by atoms with van der Waals surface area (Å²) in [5.74, 6) is -2.26. The van der Waals surface area contributed by atoms with E-state index in [4.69, 9.17) is 9.29 Å². The van der Waals surface area contributed by atoms with Crippen molar-refractivity contribution in [2.24, 2.45) is 0 Å². The van der Waals surface area contributed by atoms with Crippen LogP contribution in [0.2, 0.25) is 0 Å². The summed E-state index contributed by atoms with van der Waals surface area (Å²) >= 11 is 3.51. The molecule has 13 nitrogen and oxygen atoms in total. The lowest BCUT2D eigenvalue weighted by molar-refractivity contribution is -0.130. The van der Waals surface area contributed by atoms with Gasteiger partial charge >= 0.3 is 0 Å². The molecule has 0 aromatic heterocycles. The predicted molar refractivity (Wildman–Crippen MR) is 194 cm³/mol. The molecule has 1 aliphatic rings. The van der Waals surface area contributed by atoms with Crippen LogP contribution in [0.5, 0.6) is 11.5 Å². The van der Waals surface area contributed by atoms with E-state index in [1.54, 1.807) is 6.07 Å². The summed E-state index contributed by atoms with van der Waals surface area (Å²) < 4.78 is 68.8. The first-order chi connectivity index (χ1) is 23.7. The molecule has 0 saturated heterocycles. The highest BCUT2D eigenvalue weighted by molar-refractivity contribution is 9.10. The van der Waals surface area contributed by atoms with Gasteiger partial charge in [0, 0.05) is 24.8 Å². The van der Waals surface area contributed by atoms with Crippen LogP contribution < -0.4 is 25.0 Å². The van der Waals surface area contributed by atoms with Crippen LogP contribution in [0, 0.1) is 0 Å². The van der Waals surface area contributed by atoms with Gasteiger partial charge in [-0.3, -0.25) is 14.1 Å². The van der Waals surface area contributed by atoms with Crippen LogP contribution in [0.1, 0.15) is 64.0 Å². The van der Waals surface area contributed by atoms with Gasteiger partial charge in [0.25, 0.3) is 16.0 Å². The highest BCUT2D eigenvalue weighted by Crippen LogP contribution is 2.43. The molecule has 0 bridgehead atoms. The molecule has 0 fully saturated rings. The van der Waals surface area contributed by atoms with E-state index >= 15 is 0 Å². The highest BCUT2D eigenvalue weighted by Gasteiger charge is 2.42. The molecular weight excluding hydrogens is 752 g/mol. The summed E-state index contributed by atoms with van der Waals surface area (Å²) in [6.07, 6.45) is 4.77. The molecule has 0 aliphatic carbocycles. The molecule has 50 heavy (non-hydrogen) atoms. The summed E-state index contributed by atoms with van der Waals surface area (Å²) in [5.41, 5.74) is 0.800. The van der Waals surface area contributed by atoms with E-state index < -0.39 is 62.4 Å². The maximum absolute atomic E-state index is 14.2. The van der Waals surface area contributed by atoms with Gasteiger partial charge in [0.05, 0.1) is 21.5 Å². The Morgan fingerprint density at radius 3 is 2.28 bits per heavy atom. The zero-order valence-corrected chi connectivity index (χ0v) is 31.1. The van der Waals surface area contributed by atoms with Gasteiger partial charge < -0.3 is 25.4 Å². The third-order valence-electron chi connectivity index (χ3n) is 8.30. The number of hydrogen-bond donors (Lipinski definition) is 5. The van der Waals surface area contributed by atoms with Crippen LogP contribution in [0.3, 0.4) is 0 Å². The molecule has 1 atom stereocenters. The summed E-state index contributed by atoms with van der Waals surface area (Å²) in [4.78, 5) is 28.1. The van der Waals surface area contributed by atoms with Crippen molar-refractivity contribution < 1.29 is 40.8 Å². The average molecular weight is 796 g/mol. The maximum Gasteiger partial charge on any atom is 0.266 e. The number of benzene rings is 3. The smallest absolute Gasteiger partial charge is 0.266 e. The fourth-order valence-corrected chi connectivity index (χ4v) is 8.25. The lowest BCUT2D eigenvalue weighted by Crippen LogP contribution is -2.53. The Balaban J connectivity index is 1.63. The van der Waals surface area contributed by atoms with Gasteiger partial charge in [-0.05, 0) is 64.7 Å². The number of nitrogens with one attached hydrogen (secondary N) is 3. The Labute approximate surface area is 301 Å². The normalized spacial score (nSPS) is 15.7. The second-order valence-corrected chi connectivity index (χ2v) is 16.3. The number of hydrogen-bond acceptors (Lipinski definition) is 9. The zero-order valence-electron chi connectivity index (χ0n) is 27.9. The molecule has 2 amide bonds. The van der Waals surface area contributed by atoms with Gasteiger partial charge in [0.15, 0.2) is 6.61 Å². The highest BCUT2D eigenvalue weighted by atomic mass is 79.9. The van der Waals surface area contributed by atoms with Crippen LogP contribution in [0.4, 0.5) is 11.4 Å². The molecule has 1 unspecified atom stereocenters. The van der Waals surface area contributed by atoms with Crippen molar-refractivity contribution in [3.63, 3.8) is 0 Å². The van der Waals surface area contributed by atoms with Crippen molar-refractivity contribution in [2.45, 2.75) is 68.8 Å². The average Bonchev–Trinajstić information content (AvgIpc) is 3.16. The SMILES string of the molecule is CCCCC1(CCCC)CN(c2ccccc2)c2cc(Br)c(OCC(=O)NC(C(=O)NCCS(=O)(=O)O)c3ccc(O)cc3)cc2S(=O)(=O)N1. The minimum atomic E-state index is -4.34. The van der Waals surface area contributed by atoms with Crippen LogP contribution >= 0.6 is 15.9 Å². The number of anilines is 2. The van der Waals surface area contributed by atoms with E-state index in [2.05, 4.69) is 45.1 Å². The number of nitrogens with zero attached hydrogens (tertiary/aromatic N) is 1. The number of carbonyl (C=O) groups excluding carboxylic acids is 2. The van der Waals surface area contributed by atoms with Crippen molar-refractivity contribution in [1.29, 1.82) is 0 Å². The minimum Gasteiger partial charge on any atom is -0.508 e. The first-order valence-electron chi connectivity index (χ1n) is 16.3. The number of sulfonamides is 1. The molecule has 0 spiro atoms. The number of halogens is 1. The number of para-hydroxylation sites is 1. The maximum atomic E-state index is 14.2. The first kappa shape index (κ1) is 39.1. The molecule has 272 valence electrons. The van der Waals surface area contributed by atoms with E-state index in [0.29, 0.717) is 29.5 Å². The number of fused-ring (bicyclic) bond motifs is 1. The fraction of sp³-hybridized carbons (Fsp3) is 0.412.